The zero-order chi connectivity index (χ0) is 13.7. The van der Waals surface area contributed by atoms with Gasteiger partial charge >= 0.3 is 121 Å². The van der Waals surface area contributed by atoms with Crippen LogP contribution < -0.4 is 0 Å². The molecule has 0 aliphatic carbocycles. The molecule has 0 saturated heterocycles. The van der Waals surface area contributed by atoms with Crippen molar-refractivity contribution in [2.24, 2.45) is 0 Å². The van der Waals surface area contributed by atoms with Crippen LogP contribution in [0.4, 0.5) is 0 Å². The second-order valence-electron chi connectivity index (χ2n) is 4.66. The molecule has 5 heteroatoms. The van der Waals surface area contributed by atoms with Gasteiger partial charge in [-0.3, -0.25) is 0 Å². The third-order valence-electron chi connectivity index (χ3n) is 4.51. The number of halogens is 2. The molecular weight excluding hydrogens is 383 g/mol. The van der Waals surface area contributed by atoms with Gasteiger partial charge in [-0.25, -0.2) is 0 Å². The van der Waals surface area contributed by atoms with Crippen molar-refractivity contribution in [3.8, 4) is 0 Å². The average Bonchev–Trinajstić information content (AvgIpc) is 2.34. The summed E-state index contributed by atoms with van der Waals surface area (Å²) in [5, 5.41) is 0. The molecule has 0 rings (SSSR count). The van der Waals surface area contributed by atoms with Crippen LogP contribution in [0.25, 0.3) is 0 Å². The number of rotatable bonds is 8. The Morgan fingerprint density at radius 3 is 0.882 bits per heavy atom. The van der Waals surface area contributed by atoms with Crippen LogP contribution in [0.3, 0.4) is 0 Å². The van der Waals surface area contributed by atoms with E-state index in [0.717, 1.165) is 0 Å². The second-order valence-corrected chi connectivity index (χ2v) is 42.1. The summed E-state index contributed by atoms with van der Waals surface area (Å²) in [7, 11) is 14.4. The molecule has 0 aromatic rings. The molecule has 0 N–H and O–H groups in total. The summed E-state index contributed by atoms with van der Waals surface area (Å²) in [6.07, 6.45) is 7.74. The van der Waals surface area contributed by atoms with Gasteiger partial charge in [0, 0.05) is 0 Å². The topological polar surface area (TPSA) is 0 Å². The summed E-state index contributed by atoms with van der Waals surface area (Å²) >= 11 is -2.18. The summed E-state index contributed by atoms with van der Waals surface area (Å²) in [5.74, 6) is 0. The third-order valence-corrected chi connectivity index (χ3v) is 65.8. The molecule has 0 saturated carbocycles. The van der Waals surface area contributed by atoms with Crippen molar-refractivity contribution in [2.75, 3.05) is 37.0 Å². The summed E-state index contributed by atoms with van der Waals surface area (Å²) in [4.78, 5) is 0. The van der Waals surface area contributed by atoms with Gasteiger partial charge in [0.05, 0.1) is 0 Å². The maximum atomic E-state index is 7.22. The van der Waals surface area contributed by atoms with Gasteiger partial charge in [-0.05, 0) is 0 Å². The fraction of sp³-hybridized carbons (Fsp3) is 1.00. The molecule has 0 spiro atoms. The van der Waals surface area contributed by atoms with Gasteiger partial charge in [0.2, 0.25) is 0 Å². The van der Waals surface area contributed by atoms with E-state index >= 15 is 0 Å². The van der Waals surface area contributed by atoms with Crippen LogP contribution in [0, 0.1) is 0 Å². The summed E-state index contributed by atoms with van der Waals surface area (Å²) in [6, 6.07) is 0. The van der Waals surface area contributed by atoms with Crippen LogP contribution in [-0.2, 0) is 12.5 Å². The Kier molecular flexibility index (Phi) is 8.73. The Balaban J connectivity index is 5.60. The van der Waals surface area contributed by atoms with E-state index in [1.54, 1.807) is 0 Å². The first kappa shape index (κ1) is 19.1. The minimum absolute atomic E-state index is 1.29. The molecule has 0 aromatic heterocycles. The van der Waals surface area contributed by atoms with E-state index in [0.29, 0.717) is 0 Å². The predicted molar refractivity (Wildman–Crippen MR) is 91.6 cm³/mol. The Morgan fingerprint density at radius 1 is 0.588 bits per heavy atom. The van der Waals surface area contributed by atoms with Crippen molar-refractivity contribution in [1.29, 1.82) is 0 Å². The Morgan fingerprint density at radius 2 is 0.765 bits per heavy atom. The van der Waals surface area contributed by atoms with Crippen molar-refractivity contribution >= 4 is 30.0 Å². The van der Waals surface area contributed by atoms with Crippen molar-refractivity contribution in [1.82, 2.24) is 0 Å². The molecule has 0 heterocycles. The van der Waals surface area contributed by atoms with Gasteiger partial charge in [-0.1, -0.05) is 0 Å². The van der Waals surface area contributed by atoms with E-state index < -0.39 is 23.4 Å². The van der Waals surface area contributed by atoms with Gasteiger partial charge in [0.25, 0.3) is 0 Å². The van der Waals surface area contributed by atoms with Gasteiger partial charge < -0.3 is 0 Å². The fourth-order valence-corrected chi connectivity index (χ4v) is 68.3. The molecular formula is C12H32Cl2P2Pd. The Bertz CT molecular complexity index is 188. The number of hydrogen-bond acceptors (Lipinski definition) is 0. The zero-order valence-electron chi connectivity index (χ0n) is 12.3. The molecule has 0 bridgehead atoms. The molecule has 0 aliphatic rings. The van der Waals surface area contributed by atoms with Crippen molar-refractivity contribution in [3.63, 3.8) is 0 Å². The van der Waals surface area contributed by atoms with Crippen LogP contribution in [0.1, 0.15) is 41.5 Å². The van der Waals surface area contributed by atoms with Crippen molar-refractivity contribution < 1.29 is 12.5 Å². The van der Waals surface area contributed by atoms with E-state index in [4.69, 9.17) is 19.1 Å². The van der Waals surface area contributed by atoms with E-state index in [2.05, 4.69) is 41.5 Å². The van der Waals surface area contributed by atoms with Gasteiger partial charge in [0.15, 0.2) is 0 Å². The monoisotopic (exact) mass is 414 g/mol. The summed E-state index contributed by atoms with van der Waals surface area (Å²) < 4.78 is 0. The van der Waals surface area contributed by atoms with Crippen molar-refractivity contribution in [2.45, 2.75) is 41.5 Å². The van der Waals surface area contributed by atoms with Gasteiger partial charge in [-0.15, -0.1) is 0 Å². The molecule has 0 nitrogen and oxygen atoms in total. The molecule has 0 atom stereocenters. The third kappa shape index (κ3) is 3.23. The fourth-order valence-electron chi connectivity index (χ4n) is 2.70. The first-order chi connectivity index (χ1) is 7.86. The molecule has 0 unspecified atom stereocenters. The quantitative estimate of drug-likeness (QED) is 0.342. The molecule has 0 fully saturated rings. The molecule has 0 radical (unpaired) electrons. The van der Waals surface area contributed by atoms with Crippen molar-refractivity contribution in [3.05, 3.63) is 0 Å². The zero-order valence-corrected chi connectivity index (χ0v) is 17.4. The van der Waals surface area contributed by atoms with Crippen LogP contribution in [0.2, 0.25) is 0 Å². The standard InChI is InChI=1S/2C6H15P.2ClH.Pd/c2*1-4-7(5-2)6-3;;;/h2*4-6H2,1-3H3;2*1H;. The molecule has 0 amide bonds. The van der Waals surface area contributed by atoms with Crippen LogP contribution >= 0.6 is 30.0 Å². The van der Waals surface area contributed by atoms with E-state index in [1.807, 2.05) is 0 Å². The molecule has 0 aromatic carbocycles. The second kappa shape index (κ2) is 7.77. The predicted octanol–water partition coefficient (Wildman–Crippen LogP) is 5.90. The molecule has 114 valence electrons. The van der Waals surface area contributed by atoms with Gasteiger partial charge in [0.1, 0.15) is 0 Å². The molecule has 0 aliphatic heterocycles. The Labute approximate surface area is 120 Å². The maximum absolute atomic E-state index is 7.22. The first-order valence-electron chi connectivity index (χ1n) is 6.92. The number of hydrogen-bond donors (Lipinski definition) is 0. The Hall–Kier alpha value is 2.10. The van der Waals surface area contributed by atoms with E-state index in [1.165, 1.54) is 37.0 Å². The van der Waals surface area contributed by atoms with E-state index in [-0.39, 0.29) is 0 Å². The van der Waals surface area contributed by atoms with E-state index in [9.17, 15) is 0 Å². The summed E-state index contributed by atoms with van der Waals surface area (Å²) in [6.45, 7) is 14.1. The average molecular weight is 416 g/mol. The van der Waals surface area contributed by atoms with Gasteiger partial charge in [-0.2, -0.15) is 0 Å². The summed E-state index contributed by atoms with van der Waals surface area (Å²) in [5.41, 5.74) is -2.80. The van der Waals surface area contributed by atoms with Crippen LogP contribution in [0.5, 0.6) is 0 Å². The SMILES string of the molecule is CC[PH](CC)(CC)[Pd]([Cl])([Cl])[PH](CC)(CC)CC. The minimum atomic E-state index is -2.18. The van der Waals surface area contributed by atoms with Crippen LogP contribution in [-0.4, -0.2) is 37.0 Å². The molecule has 17 heavy (non-hydrogen) atoms. The normalized spacial score (nSPS) is 16.9. The van der Waals surface area contributed by atoms with Crippen LogP contribution in [0.15, 0.2) is 0 Å². The first-order valence-corrected chi connectivity index (χ1v) is 20.5.